The third kappa shape index (κ3) is 2.37. The Morgan fingerprint density at radius 1 is 1.19 bits per heavy atom. The third-order valence-corrected chi connectivity index (χ3v) is 8.25. The van der Waals surface area contributed by atoms with Crippen molar-refractivity contribution in [3.63, 3.8) is 0 Å². The topological polar surface area (TPSA) is 54.5 Å². The molecule has 2 bridgehead atoms. The Labute approximate surface area is 129 Å². The van der Waals surface area contributed by atoms with Gasteiger partial charge >= 0.3 is 0 Å². The highest BCUT2D eigenvalue weighted by Gasteiger charge is 2.65. The molecule has 0 aliphatic heterocycles. The summed E-state index contributed by atoms with van der Waals surface area (Å²) in [6, 6.07) is -0.161. The summed E-state index contributed by atoms with van der Waals surface area (Å²) in [4.78, 5) is 12.5. The Kier molecular flexibility index (Phi) is 4.08. The van der Waals surface area contributed by atoms with Crippen molar-refractivity contribution < 1.29 is 13.2 Å². The molecule has 0 aromatic carbocycles. The Bertz CT molecular complexity index is 528. The van der Waals surface area contributed by atoms with Gasteiger partial charge in [-0.15, -0.1) is 0 Å². The van der Waals surface area contributed by atoms with Gasteiger partial charge in [-0.1, -0.05) is 13.8 Å². The number of hydrogen-bond donors (Lipinski definition) is 0. The molecular formula is C16H29NO3S. The molecule has 0 saturated heterocycles. The molecule has 2 aliphatic carbocycles. The molecule has 2 aliphatic rings. The molecular weight excluding hydrogens is 286 g/mol. The second-order valence-electron chi connectivity index (χ2n) is 7.94. The maximum atomic E-state index is 13.0. The van der Waals surface area contributed by atoms with Gasteiger partial charge in [0.15, 0.2) is 0 Å². The Morgan fingerprint density at radius 2 is 1.71 bits per heavy atom. The van der Waals surface area contributed by atoms with Crippen LogP contribution in [0.3, 0.4) is 0 Å². The van der Waals surface area contributed by atoms with E-state index in [1.54, 1.807) is 4.31 Å². The van der Waals surface area contributed by atoms with Gasteiger partial charge in [-0.2, -0.15) is 4.31 Å². The van der Waals surface area contributed by atoms with Crippen LogP contribution in [0.5, 0.6) is 0 Å². The molecule has 0 spiro atoms. The highest BCUT2D eigenvalue weighted by atomic mass is 32.2. The molecule has 0 aromatic rings. The maximum absolute atomic E-state index is 13.0. The van der Waals surface area contributed by atoms with Crippen molar-refractivity contribution >= 4 is 15.8 Å². The van der Waals surface area contributed by atoms with E-state index in [2.05, 4.69) is 13.8 Å². The van der Waals surface area contributed by atoms with Gasteiger partial charge in [-0.25, -0.2) is 8.42 Å². The molecule has 122 valence electrons. The normalized spacial score (nSPS) is 31.9. The number of carbonyl (C=O) groups excluding carboxylic acids is 1. The van der Waals surface area contributed by atoms with Crippen molar-refractivity contribution in [3.05, 3.63) is 0 Å². The number of carbonyl (C=O) groups is 1. The lowest BCUT2D eigenvalue weighted by Gasteiger charge is -2.39. The first-order valence-corrected chi connectivity index (χ1v) is 9.61. The number of Topliss-reactive ketones (excluding diaryl/α,β-unsaturated/α-hetero) is 1. The standard InChI is InChI=1S/C16H29NO3S/c1-11(2)17(12(3)4)21(19,20)10-16-8-7-13(9-14(16)18)15(16,5)6/h11-13H,7-10H2,1-6H3. The lowest BCUT2D eigenvalue weighted by atomic mass is 9.70. The zero-order chi connectivity index (χ0) is 16.2. The molecule has 0 aromatic heterocycles. The van der Waals surface area contributed by atoms with Crippen LogP contribution in [0.25, 0.3) is 0 Å². The first-order valence-electron chi connectivity index (χ1n) is 8.00. The average molecular weight is 315 g/mol. The molecule has 2 rings (SSSR count). The molecule has 4 nitrogen and oxygen atoms in total. The minimum Gasteiger partial charge on any atom is -0.299 e. The van der Waals surface area contributed by atoms with E-state index in [9.17, 15) is 13.2 Å². The van der Waals surface area contributed by atoms with Crippen molar-refractivity contribution in [1.82, 2.24) is 4.31 Å². The predicted octanol–water partition coefficient (Wildman–Crippen LogP) is 2.83. The van der Waals surface area contributed by atoms with Crippen LogP contribution in [0.1, 0.15) is 60.8 Å². The highest BCUT2D eigenvalue weighted by Crippen LogP contribution is 2.64. The molecule has 2 saturated carbocycles. The van der Waals surface area contributed by atoms with Gasteiger partial charge in [0.25, 0.3) is 0 Å². The van der Waals surface area contributed by atoms with E-state index in [1.807, 2.05) is 27.7 Å². The molecule has 0 heterocycles. The summed E-state index contributed by atoms with van der Waals surface area (Å²) in [6.07, 6.45) is 2.27. The van der Waals surface area contributed by atoms with Gasteiger partial charge in [-0.3, -0.25) is 4.79 Å². The summed E-state index contributed by atoms with van der Waals surface area (Å²) in [5.41, 5.74) is -0.866. The van der Waals surface area contributed by atoms with E-state index in [-0.39, 0.29) is 29.0 Å². The largest absolute Gasteiger partial charge is 0.299 e. The minimum atomic E-state index is -3.44. The Morgan fingerprint density at radius 3 is 2.05 bits per heavy atom. The van der Waals surface area contributed by atoms with E-state index in [0.717, 1.165) is 12.8 Å². The highest BCUT2D eigenvalue weighted by molar-refractivity contribution is 7.89. The summed E-state index contributed by atoms with van der Waals surface area (Å²) < 4.78 is 27.5. The van der Waals surface area contributed by atoms with E-state index in [0.29, 0.717) is 12.3 Å². The van der Waals surface area contributed by atoms with Crippen molar-refractivity contribution in [1.29, 1.82) is 0 Å². The summed E-state index contributed by atoms with van der Waals surface area (Å²) in [5, 5.41) is 0. The van der Waals surface area contributed by atoms with Crippen molar-refractivity contribution in [2.45, 2.75) is 72.9 Å². The fourth-order valence-corrected chi connectivity index (χ4v) is 7.47. The number of rotatable bonds is 5. The van der Waals surface area contributed by atoms with Crippen LogP contribution >= 0.6 is 0 Å². The average Bonchev–Trinajstić information content (AvgIpc) is 2.60. The number of ketones is 1. The van der Waals surface area contributed by atoms with Crippen LogP contribution < -0.4 is 0 Å². The van der Waals surface area contributed by atoms with Gasteiger partial charge in [0.05, 0.1) is 5.75 Å². The van der Waals surface area contributed by atoms with Gasteiger partial charge < -0.3 is 0 Å². The van der Waals surface area contributed by atoms with Crippen LogP contribution in [0.4, 0.5) is 0 Å². The molecule has 2 unspecified atom stereocenters. The number of fused-ring (bicyclic) bond motifs is 2. The van der Waals surface area contributed by atoms with Gasteiger partial charge in [-0.05, 0) is 51.9 Å². The molecule has 0 amide bonds. The molecule has 0 radical (unpaired) electrons. The second kappa shape index (κ2) is 5.05. The lowest BCUT2D eigenvalue weighted by Crippen LogP contribution is -2.50. The van der Waals surface area contributed by atoms with Crippen LogP contribution in [0.2, 0.25) is 0 Å². The van der Waals surface area contributed by atoms with E-state index >= 15 is 0 Å². The minimum absolute atomic E-state index is 0.0152. The van der Waals surface area contributed by atoms with E-state index in [1.165, 1.54) is 0 Å². The Balaban J connectivity index is 2.38. The fraction of sp³-hybridized carbons (Fsp3) is 0.938. The summed E-state index contributed by atoms with van der Waals surface area (Å²) >= 11 is 0. The molecule has 2 atom stereocenters. The van der Waals surface area contributed by atoms with Crippen molar-refractivity contribution in [2.75, 3.05) is 5.75 Å². The SMILES string of the molecule is CC(C)N(C(C)C)S(=O)(=O)CC12CCC(CC1=O)C2(C)C. The monoisotopic (exact) mass is 315 g/mol. The lowest BCUT2D eigenvalue weighted by molar-refractivity contribution is -0.128. The maximum Gasteiger partial charge on any atom is 0.215 e. The number of nitrogens with zero attached hydrogens (tertiary/aromatic N) is 1. The first-order chi connectivity index (χ1) is 9.45. The molecule has 0 N–H and O–H groups in total. The summed E-state index contributed by atoms with van der Waals surface area (Å²) in [5.74, 6) is 0.505. The van der Waals surface area contributed by atoms with Gasteiger partial charge in [0.2, 0.25) is 10.0 Å². The van der Waals surface area contributed by atoms with E-state index < -0.39 is 15.4 Å². The number of hydrogen-bond acceptors (Lipinski definition) is 3. The van der Waals surface area contributed by atoms with Crippen LogP contribution in [-0.2, 0) is 14.8 Å². The summed E-state index contributed by atoms with van der Waals surface area (Å²) in [7, 11) is -3.44. The quantitative estimate of drug-likeness (QED) is 0.784. The van der Waals surface area contributed by atoms with Gasteiger partial charge in [0, 0.05) is 23.9 Å². The number of sulfonamides is 1. The Hall–Kier alpha value is -0.420. The van der Waals surface area contributed by atoms with Gasteiger partial charge in [0.1, 0.15) is 5.78 Å². The van der Waals surface area contributed by atoms with E-state index in [4.69, 9.17) is 0 Å². The fourth-order valence-electron chi connectivity index (χ4n) is 4.73. The molecule has 5 heteroatoms. The smallest absolute Gasteiger partial charge is 0.215 e. The van der Waals surface area contributed by atoms with Crippen molar-refractivity contribution in [3.8, 4) is 0 Å². The summed E-state index contributed by atoms with van der Waals surface area (Å²) in [6.45, 7) is 11.8. The molecule has 2 fully saturated rings. The zero-order valence-electron chi connectivity index (χ0n) is 14.1. The third-order valence-electron chi connectivity index (χ3n) is 5.91. The molecule has 21 heavy (non-hydrogen) atoms. The zero-order valence-corrected chi connectivity index (χ0v) is 15.0. The van der Waals surface area contributed by atoms with Crippen molar-refractivity contribution in [2.24, 2.45) is 16.7 Å². The first kappa shape index (κ1) is 16.9. The van der Waals surface area contributed by atoms with Crippen LogP contribution in [0, 0.1) is 16.7 Å². The predicted molar refractivity (Wildman–Crippen MR) is 84.5 cm³/mol. The van der Waals surface area contributed by atoms with Crippen LogP contribution in [-0.4, -0.2) is 36.3 Å². The van der Waals surface area contributed by atoms with Crippen LogP contribution in [0.15, 0.2) is 0 Å². The second-order valence-corrected chi connectivity index (χ2v) is 9.81.